The van der Waals surface area contributed by atoms with Crippen molar-refractivity contribution in [1.82, 2.24) is 4.90 Å². The van der Waals surface area contributed by atoms with Crippen LogP contribution in [-0.4, -0.2) is 31.1 Å². The molecule has 2 heteroatoms. The van der Waals surface area contributed by atoms with Crippen LogP contribution in [0.3, 0.4) is 0 Å². The molecule has 2 N–H and O–H groups in total. The second-order valence-corrected chi connectivity index (χ2v) is 4.71. The van der Waals surface area contributed by atoms with Crippen LogP contribution in [0.25, 0.3) is 0 Å². The maximum absolute atomic E-state index is 6.20. The van der Waals surface area contributed by atoms with E-state index in [9.17, 15) is 0 Å². The number of hydrogen-bond donors (Lipinski definition) is 1. The Morgan fingerprint density at radius 2 is 2.08 bits per heavy atom. The summed E-state index contributed by atoms with van der Waals surface area (Å²) in [6.45, 7) is 6.58. The fraction of sp³-hybridized carbons (Fsp3) is 0.818. The number of nitrogens with zero attached hydrogens (tertiary/aromatic N) is 1. The third-order valence-electron chi connectivity index (χ3n) is 4.05. The number of rotatable bonds is 0. The zero-order valence-corrected chi connectivity index (χ0v) is 8.55. The van der Waals surface area contributed by atoms with Gasteiger partial charge in [0.25, 0.3) is 0 Å². The average Bonchev–Trinajstić information content (AvgIpc) is 2.39. The van der Waals surface area contributed by atoms with Crippen LogP contribution in [0.4, 0.5) is 0 Å². The first kappa shape index (κ1) is 9.22. The van der Waals surface area contributed by atoms with E-state index in [1.165, 1.54) is 31.5 Å². The predicted octanol–water partition coefficient (Wildman–Crippen LogP) is 1.38. The summed E-state index contributed by atoms with van der Waals surface area (Å²) in [6.07, 6.45) is 4.76. The highest BCUT2D eigenvalue weighted by Gasteiger charge is 2.44. The van der Waals surface area contributed by atoms with Crippen LogP contribution in [0.15, 0.2) is 12.2 Å². The van der Waals surface area contributed by atoms with Crippen LogP contribution in [0.5, 0.6) is 0 Å². The summed E-state index contributed by atoms with van der Waals surface area (Å²) in [5.74, 6) is 0. The van der Waals surface area contributed by atoms with Gasteiger partial charge in [-0.1, -0.05) is 12.2 Å². The summed E-state index contributed by atoms with van der Waals surface area (Å²) >= 11 is 0. The van der Waals surface area contributed by atoms with Crippen molar-refractivity contribution in [1.29, 1.82) is 0 Å². The molecule has 13 heavy (non-hydrogen) atoms. The lowest BCUT2D eigenvalue weighted by molar-refractivity contribution is 0.144. The second kappa shape index (κ2) is 3.10. The minimum atomic E-state index is 0.312. The molecule has 1 spiro atoms. The molecular weight excluding hydrogens is 160 g/mol. The molecule has 74 valence electrons. The van der Waals surface area contributed by atoms with Crippen LogP contribution in [0.2, 0.25) is 0 Å². The van der Waals surface area contributed by atoms with E-state index in [0.717, 1.165) is 12.8 Å². The van der Waals surface area contributed by atoms with Gasteiger partial charge in [0, 0.05) is 11.5 Å². The van der Waals surface area contributed by atoms with E-state index < -0.39 is 0 Å². The highest BCUT2D eigenvalue weighted by Crippen LogP contribution is 2.48. The molecule has 0 radical (unpaired) electrons. The average molecular weight is 180 g/mol. The quantitative estimate of drug-likeness (QED) is 0.571. The Labute approximate surface area is 80.8 Å². The SMILES string of the molecule is C=C1CC[C@@H](N)C12CCN(C)CC2. The molecule has 1 heterocycles. The van der Waals surface area contributed by atoms with Crippen molar-refractivity contribution in [3.05, 3.63) is 12.2 Å². The van der Waals surface area contributed by atoms with Gasteiger partial charge in [0.05, 0.1) is 0 Å². The summed E-state index contributed by atoms with van der Waals surface area (Å²) < 4.78 is 0. The molecule has 1 saturated heterocycles. The molecule has 1 atom stereocenters. The maximum Gasteiger partial charge on any atom is 0.0137 e. The highest BCUT2D eigenvalue weighted by molar-refractivity contribution is 5.21. The number of piperidine rings is 1. The standard InChI is InChI=1S/C11H20N2/c1-9-3-4-10(12)11(9)5-7-13(2)8-6-11/h10H,1,3-8,12H2,2H3/t10-/m1/s1. The molecule has 0 aromatic heterocycles. The van der Waals surface area contributed by atoms with Crippen molar-refractivity contribution < 1.29 is 0 Å². The molecule has 2 fully saturated rings. The van der Waals surface area contributed by atoms with Crippen LogP contribution < -0.4 is 5.73 Å². The molecule has 0 aromatic rings. The zero-order valence-electron chi connectivity index (χ0n) is 8.55. The summed E-state index contributed by atoms with van der Waals surface area (Å²) in [6, 6.07) is 0.383. The summed E-state index contributed by atoms with van der Waals surface area (Å²) in [5.41, 5.74) is 7.94. The van der Waals surface area contributed by atoms with Gasteiger partial charge in [-0.05, 0) is 45.8 Å². The third kappa shape index (κ3) is 1.32. The lowest BCUT2D eigenvalue weighted by Gasteiger charge is -2.41. The van der Waals surface area contributed by atoms with Crippen molar-refractivity contribution in [2.75, 3.05) is 20.1 Å². The van der Waals surface area contributed by atoms with Gasteiger partial charge in [-0.2, -0.15) is 0 Å². The topological polar surface area (TPSA) is 29.3 Å². The van der Waals surface area contributed by atoms with Gasteiger partial charge >= 0.3 is 0 Å². The highest BCUT2D eigenvalue weighted by atomic mass is 15.1. The molecule has 2 rings (SSSR count). The Kier molecular flexibility index (Phi) is 2.20. The van der Waals surface area contributed by atoms with Gasteiger partial charge in [-0.25, -0.2) is 0 Å². The van der Waals surface area contributed by atoms with Gasteiger partial charge in [0.2, 0.25) is 0 Å². The fourth-order valence-corrected chi connectivity index (χ4v) is 2.86. The Hall–Kier alpha value is -0.340. The molecular formula is C11H20N2. The normalized spacial score (nSPS) is 34.3. The Morgan fingerprint density at radius 1 is 1.46 bits per heavy atom. The third-order valence-corrected chi connectivity index (χ3v) is 4.05. The molecule has 2 nitrogen and oxygen atoms in total. The smallest absolute Gasteiger partial charge is 0.0137 e. The van der Waals surface area contributed by atoms with Crippen molar-refractivity contribution in [2.45, 2.75) is 31.7 Å². The molecule has 1 saturated carbocycles. The van der Waals surface area contributed by atoms with Crippen LogP contribution in [0, 0.1) is 5.41 Å². The van der Waals surface area contributed by atoms with Crippen LogP contribution in [-0.2, 0) is 0 Å². The Morgan fingerprint density at radius 3 is 2.54 bits per heavy atom. The fourth-order valence-electron chi connectivity index (χ4n) is 2.86. The van der Waals surface area contributed by atoms with Gasteiger partial charge in [-0.15, -0.1) is 0 Å². The van der Waals surface area contributed by atoms with E-state index in [2.05, 4.69) is 18.5 Å². The summed E-state index contributed by atoms with van der Waals surface area (Å²) in [5, 5.41) is 0. The second-order valence-electron chi connectivity index (χ2n) is 4.71. The molecule has 0 aromatic carbocycles. The molecule has 0 amide bonds. The van der Waals surface area contributed by atoms with Gasteiger partial charge in [0.1, 0.15) is 0 Å². The van der Waals surface area contributed by atoms with E-state index in [1.807, 2.05) is 0 Å². The zero-order chi connectivity index (χ0) is 9.47. The van der Waals surface area contributed by atoms with E-state index in [-0.39, 0.29) is 0 Å². The van der Waals surface area contributed by atoms with E-state index in [4.69, 9.17) is 5.73 Å². The Balaban J connectivity index is 2.15. The summed E-state index contributed by atoms with van der Waals surface area (Å²) in [7, 11) is 2.19. The van der Waals surface area contributed by atoms with Crippen LogP contribution in [0.1, 0.15) is 25.7 Å². The number of hydrogen-bond acceptors (Lipinski definition) is 2. The van der Waals surface area contributed by atoms with Gasteiger partial charge in [0.15, 0.2) is 0 Å². The predicted molar refractivity (Wildman–Crippen MR) is 55.5 cm³/mol. The van der Waals surface area contributed by atoms with Crippen molar-refractivity contribution in [3.8, 4) is 0 Å². The summed E-state index contributed by atoms with van der Waals surface area (Å²) in [4.78, 5) is 2.39. The van der Waals surface area contributed by atoms with Crippen molar-refractivity contribution in [3.63, 3.8) is 0 Å². The lowest BCUT2D eigenvalue weighted by Crippen LogP contribution is -2.46. The number of nitrogens with two attached hydrogens (primary N) is 1. The lowest BCUT2D eigenvalue weighted by atomic mass is 9.72. The van der Waals surface area contributed by atoms with E-state index in [0.29, 0.717) is 11.5 Å². The number of likely N-dealkylation sites (tertiary alicyclic amines) is 1. The maximum atomic E-state index is 6.20. The van der Waals surface area contributed by atoms with Crippen molar-refractivity contribution in [2.24, 2.45) is 11.1 Å². The van der Waals surface area contributed by atoms with E-state index in [1.54, 1.807) is 0 Å². The van der Waals surface area contributed by atoms with Gasteiger partial charge < -0.3 is 10.6 Å². The molecule has 2 aliphatic rings. The first-order valence-electron chi connectivity index (χ1n) is 5.27. The Bertz CT molecular complexity index is 214. The largest absolute Gasteiger partial charge is 0.327 e. The first-order chi connectivity index (χ1) is 6.15. The monoisotopic (exact) mass is 180 g/mol. The van der Waals surface area contributed by atoms with Crippen molar-refractivity contribution >= 4 is 0 Å². The molecule has 0 bridgehead atoms. The molecule has 1 aliphatic carbocycles. The molecule has 0 unspecified atom stereocenters. The first-order valence-corrected chi connectivity index (χ1v) is 5.27. The minimum absolute atomic E-state index is 0.312. The van der Waals surface area contributed by atoms with E-state index >= 15 is 0 Å². The van der Waals surface area contributed by atoms with Gasteiger partial charge in [-0.3, -0.25) is 0 Å². The molecule has 1 aliphatic heterocycles. The van der Waals surface area contributed by atoms with Crippen LogP contribution >= 0.6 is 0 Å². The minimum Gasteiger partial charge on any atom is -0.327 e.